The van der Waals surface area contributed by atoms with E-state index < -0.39 is 27.3 Å². The van der Waals surface area contributed by atoms with Crippen molar-refractivity contribution in [3.63, 3.8) is 0 Å². The minimum absolute atomic E-state index is 0.0604. The molecule has 1 aliphatic heterocycles. The van der Waals surface area contributed by atoms with Crippen molar-refractivity contribution in [3.8, 4) is 11.3 Å². The molecule has 11 heteroatoms. The Bertz CT molecular complexity index is 1480. The lowest BCUT2D eigenvalue weighted by Gasteiger charge is -2.32. The fraction of sp³-hybridized carbons (Fsp3) is 0.414. The molecular formula is C29H30F3N3O4S. The van der Waals surface area contributed by atoms with Crippen LogP contribution in [0.5, 0.6) is 0 Å². The number of alkyl halides is 3. The highest BCUT2D eigenvalue weighted by atomic mass is 32.2. The molecule has 5 rings (SSSR count). The van der Waals surface area contributed by atoms with E-state index in [1.54, 1.807) is 24.3 Å². The van der Waals surface area contributed by atoms with E-state index in [4.69, 9.17) is 9.59 Å². The van der Waals surface area contributed by atoms with Gasteiger partial charge in [0, 0.05) is 18.7 Å². The van der Waals surface area contributed by atoms with E-state index >= 15 is 0 Å². The largest absolute Gasteiger partial charge is 0.418 e. The van der Waals surface area contributed by atoms with Crippen molar-refractivity contribution in [3.05, 3.63) is 71.4 Å². The lowest BCUT2D eigenvalue weighted by molar-refractivity contribution is -0.191. The van der Waals surface area contributed by atoms with Gasteiger partial charge in [0.1, 0.15) is 5.82 Å². The predicted molar refractivity (Wildman–Crippen MR) is 142 cm³/mol. The van der Waals surface area contributed by atoms with Crippen LogP contribution in [0, 0.1) is 5.92 Å². The molecule has 212 valence electrons. The average molecular weight is 574 g/mol. The predicted octanol–water partition coefficient (Wildman–Crippen LogP) is 6.06. The lowest BCUT2D eigenvalue weighted by Crippen LogP contribution is -2.35. The van der Waals surface area contributed by atoms with Crippen molar-refractivity contribution >= 4 is 21.8 Å². The minimum Gasteiger partial charge on any atom is -0.356 e. The number of rotatable bonds is 6. The fourth-order valence-electron chi connectivity index (χ4n) is 5.22. The van der Waals surface area contributed by atoms with Crippen LogP contribution in [0.3, 0.4) is 0 Å². The summed E-state index contributed by atoms with van der Waals surface area (Å²) in [6, 6.07) is 14.0. The van der Waals surface area contributed by atoms with Crippen LogP contribution < -0.4 is 4.90 Å². The van der Waals surface area contributed by atoms with Gasteiger partial charge in [-0.05, 0) is 67.3 Å². The molecule has 2 fully saturated rings. The number of aromatic nitrogens is 2. The van der Waals surface area contributed by atoms with Gasteiger partial charge in [-0.25, -0.2) is 13.4 Å². The average Bonchev–Trinajstić information content (AvgIpc) is 2.88. The van der Waals surface area contributed by atoms with Gasteiger partial charge in [0.15, 0.2) is 5.03 Å². The molecule has 2 aliphatic rings. The van der Waals surface area contributed by atoms with Crippen LogP contribution >= 0.6 is 0 Å². The summed E-state index contributed by atoms with van der Waals surface area (Å²) >= 11 is 0. The van der Waals surface area contributed by atoms with Crippen molar-refractivity contribution in [1.29, 1.82) is 0 Å². The van der Waals surface area contributed by atoms with E-state index in [1.165, 1.54) is 6.07 Å². The van der Waals surface area contributed by atoms with Crippen LogP contribution in [0.2, 0.25) is 0 Å². The Morgan fingerprint density at radius 2 is 1.68 bits per heavy atom. The first-order valence-electron chi connectivity index (χ1n) is 13.1. The third-order valence-corrected chi connectivity index (χ3v) is 8.91. The number of carbonyl (C=O) groups excluding carboxylic acids is 2. The molecule has 1 aromatic carbocycles. The lowest BCUT2D eigenvalue weighted by atomic mass is 9.77. The zero-order valence-electron chi connectivity index (χ0n) is 22.0. The first-order valence-corrected chi connectivity index (χ1v) is 14.8. The molecule has 0 N–H and O–H groups in total. The molecule has 1 saturated carbocycles. The number of benzene rings is 1. The number of anilines is 1. The van der Waals surface area contributed by atoms with Gasteiger partial charge in [-0.3, -0.25) is 4.98 Å². The molecule has 3 heterocycles. The zero-order valence-corrected chi connectivity index (χ0v) is 22.8. The van der Waals surface area contributed by atoms with Crippen LogP contribution in [0.25, 0.3) is 11.3 Å². The Labute approximate surface area is 231 Å². The maximum Gasteiger partial charge on any atom is 0.418 e. The Morgan fingerprint density at radius 1 is 0.950 bits per heavy atom. The minimum atomic E-state index is -4.62. The summed E-state index contributed by atoms with van der Waals surface area (Å²) < 4.78 is 68.6. The van der Waals surface area contributed by atoms with E-state index in [9.17, 15) is 21.6 Å². The van der Waals surface area contributed by atoms with Crippen LogP contribution in [0.1, 0.15) is 61.8 Å². The van der Waals surface area contributed by atoms with E-state index in [0.717, 1.165) is 62.9 Å². The highest BCUT2D eigenvalue weighted by molar-refractivity contribution is 7.90. The molecule has 1 saturated heterocycles. The molecule has 3 aromatic rings. The standard InChI is InChI=1S/C28H30F3N3O2S.CO2/c1-19-7-6-16-34(17-19)25-12-5-13-26(33-25)37(35,36)18-21-14-15-24(28(29,30)31)27(32-21)23-11-3-2-10-22(23)20-8-4-9-20;2-1-3/h2-3,5,10-15,19-20H,4,6-9,16-18H2,1H3;. The molecule has 7 nitrogen and oxygen atoms in total. The molecule has 1 atom stereocenters. The molecule has 1 unspecified atom stereocenters. The third-order valence-electron chi connectivity index (χ3n) is 7.37. The first-order chi connectivity index (χ1) is 19.0. The van der Waals surface area contributed by atoms with Gasteiger partial charge >= 0.3 is 12.3 Å². The van der Waals surface area contributed by atoms with Gasteiger partial charge in [0.25, 0.3) is 0 Å². The Kier molecular flexibility index (Phi) is 9.05. The fourth-order valence-corrected chi connectivity index (χ4v) is 6.44. The molecule has 40 heavy (non-hydrogen) atoms. The highest BCUT2D eigenvalue weighted by Crippen LogP contribution is 2.44. The molecule has 0 bridgehead atoms. The van der Waals surface area contributed by atoms with E-state index in [0.29, 0.717) is 17.3 Å². The van der Waals surface area contributed by atoms with Crippen molar-refractivity contribution in [2.75, 3.05) is 18.0 Å². The van der Waals surface area contributed by atoms with Crippen molar-refractivity contribution in [2.24, 2.45) is 5.92 Å². The molecule has 0 radical (unpaired) electrons. The van der Waals surface area contributed by atoms with Crippen LogP contribution in [0.4, 0.5) is 19.0 Å². The second-order valence-corrected chi connectivity index (χ2v) is 12.2. The number of halogens is 3. The summed E-state index contributed by atoms with van der Waals surface area (Å²) in [4.78, 5) is 27.1. The topological polar surface area (TPSA) is 97.3 Å². The number of sulfone groups is 1. The van der Waals surface area contributed by atoms with E-state index in [2.05, 4.69) is 21.8 Å². The molecule has 0 amide bonds. The van der Waals surface area contributed by atoms with Gasteiger partial charge < -0.3 is 4.90 Å². The molecule has 1 aliphatic carbocycles. The molecule has 0 spiro atoms. The molecule has 2 aromatic heterocycles. The normalized spacial score (nSPS) is 17.8. The first kappa shape index (κ1) is 29.4. The van der Waals surface area contributed by atoms with Gasteiger partial charge in [0.2, 0.25) is 9.84 Å². The number of hydrogen-bond acceptors (Lipinski definition) is 7. The van der Waals surface area contributed by atoms with Gasteiger partial charge in [0.05, 0.1) is 22.7 Å². The summed E-state index contributed by atoms with van der Waals surface area (Å²) in [6.07, 6.45) is 0.655. The Balaban J connectivity index is 0.00000118. The van der Waals surface area contributed by atoms with Crippen molar-refractivity contribution in [1.82, 2.24) is 9.97 Å². The summed E-state index contributed by atoms with van der Waals surface area (Å²) in [5, 5.41) is -0.0960. The Hall–Kier alpha value is -3.56. The summed E-state index contributed by atoms with van der Waals surface area (Å²) in [5.41, 5.74) is 0.228. The quantitative estimate of drug-likeness (QED) is 0.354. The van der Waals surface area contributed by atoms with E-state index in [-0.39, 0.29) is 28.5 Å². The second kappa shape index (κ2) is 12.3. The van der Waals surface area contributed by atoms with Gasteiger partial charge in [-0.1, -0.05) is 43.7 Å². The maximum absolute atomic E-state index is 14.0. The summed E-state index contributed by atoms with van der Waals surface area (Å²) in [7, 11) is -3.94. The van der Waals surface area contributed by atoms with Gasteiger partial charge in [-0.15, -0.1) is 0 Å². The number of piperidine rings is 1. The van der Waals surface area contributed by atoms with E-state index in [1.807, 2.05) is 12.1 Å². The monoisotopic (exact) mass is 573 g/mol. The smallest absolute Gasteiger partial charge is 0.356 e. The Morgan fingerprint density at radius 3 is 2.33 bits per heavy atom. The maximum atomic E-state index is 14.0. The second-order valence-electron chi connectivity index (χ2n) is 10.3. The van der Waals surface area contributed by atoms with Crippen LogP contribution in [0.15, 0.2) is 59.6 Å². The van der Waals surface area contributed by atoms with Gasteiger partial charge in [-0.2, -0.15) is 22.8 Å². The number of nitrogens with zero attached hydrogens (tertiary/aromatic N) is 3. The van der Waals surface area contributed by atoms with Crippen molar-refractivity contribution < 1.29 is 31.2 Å². The zero-order chi connectivity index (χ0) is 28.9. The van der Waals surface area contributed by atoms with Crippen molar-refractivity contribution in [2.45, 2.75) is 61.9 Å². The SMILES string of the molecule is CC1CCCN(c2cccc(S(=O)(=O)Cc3ccc(C(F)(F)F)c(-c4ccccc4C4CCC4)n3)n2)C1.O=C=O. The van der Waals surface area contributed by atoms with Crippen LogP contribution in [-0.2, 0) is 31.4 Å². The number of pyridine rings is 2. The molecular weight excluding hydrogens is 543 g/mol. The highest BCUT2D eigenvalue weighted by Gasteiger charge is 2.36. The third kappa shape index (κ3) is 6.77. The number of hydrogen-bond donors (Lipinski definition) is 0. The summed E-state index contributed by atoms with van der Waals surface area (Å²) in [5.74, 6) is 0.753. The van der Waals surface area contributed by atoms with Crippen LogP contribution in [-0.4, -0.2) is 37.6 Å². The summed E-state index contributed by atoms with van der Waals surface area (Å²) in [6.45, 7) is 3.77.